The Hall–Kier alpha value is -2.60. The molecule has 22 heavy (non-hydrogen) atoms. The second kappa shape index (κ2) is 3.98. The molecule has 0 saturated carbocycles. The van der Waals surface area contributed by atoms with Gasteiger partial charge in [-0.2, -0.15) is 0 Å². The Morgan fingerprint density at radius 1 is 0.500 bits per heavy atom. The van der Waals surface area contributed by atoms with Crippen LogP contribution < -0.4 is 0 Å². The van der Waals surface area contributed by atoms with E-state index >= 15 is 0 Å². The summed E-state index contributed by atoms with van der Waals surface area (Å²) in [6.07, 6.45) is 0. The molecule has 5 aromatic carbocycles. The first-order valence-electron chi connectivity index (χ1n) is 7.80. The van der Waals surface area contributed by atoms with E-state index in [9.17, 15) is 0 Å². The lowest BCUT2D eigenvalue weighted by Gasteiger charge is -2.15. The van der Waals surface area contributed by atoms with Crippen molar-refractivity contribution in [3.05, 3.63) is 71.8 Å². The van der Waals surface area contributed by atoms with Crippen molar-refractivity contribution in [1.82, 2.24) is 0 Å². The first kappa shape index (κ1) is 12.0. The molecule has 0 heterocycles. The van der Waals surface area contributed by atoms with E-state index in [1.165, 1.54) is 54.2 Å². The van der Waals surface area contributed by atoms with Crippen molar-refractivity contribution >= 4 is 43.1 Å². The minimum atomic E-state index is 1.33. The molecule has 0 saturated heterocycles. The van der Waals surface area contributed by atoms with Crippen molar-refractivity contribution in [1.29, 1.82) is 0 Å². The Kier molecular flexibility index (Phi) is 2.17. The predicted octanol–water partition coefficient (Wildman–Crippen LogP) is 6.35. The molecular formula is C22H16. The highest BCUT2D eigenvalue weighted by molar-refractivity contribution is 6.33. The van der Waals surface area contributed by atoms with Gasteiger partial charge in [-0.25, -0.2) is 0 Å². The van der Waals surface area contributed by atoms with Crippen LogP contribution in [0, 0.1) is 13.8 Å². The third kappa shape index (κ3) is 1.37. The van der Waals surface area contributed by atoms with Gasteiger partial charge in [-0.1, -0.05) is 60.7 Å². The molecule has 0 aromatic heterocycles. The molecule has 5 aromatic rings. The number of aryl methyl sites for hydroxylation is 2. The van der Waals surface area contributed by atoms with Gasteiger partial charge in [0.1, 0.15) is 0 Å². The van der Waals surface area contributed by atoms with Crippen molar-refractivity contribution in [2.45, 2.75) is 13.8 Å². The van der Waals surface area contributed by atoms with Gasteiger partial charge >= 0.3 is 0 Å². The van der Waals surface area contributed by atoms with E-state index in [0.29, 0.717) is 0 Å². The summed E-state index contributed by atoms with van der Waals surface area (Å²) in [7, 11) is 0. The van der Waals surface area contributed by atoms with Crippen LogP contribution in [0.5, 0.6) is 0 Å². The molecule has 0 heteroatoms. The highest BCUT2D eigenvalue weighted by atomic mass is 14.2. The maximum atomic E-state index is 2.36. The molecule has 0 amide bonds. The summed E-state index contributed by atoms with van der Waals surface area (Å²) in [6.45, 7) is 4.41. The molecule has 0 aliphatic carbocycles. The van der Waals surface area contributed by atoms with Gasteiger partial charge in [0.05, 0.1) is 0 Å². The maximum Gasteiger partial charge on any atom is -0.00203 e. The fourth-order valence-corrected chi connectivity index (χ4v) is 3.87. The van der Waals surface area contributed by atoms with Gasteiger partial charge in [0.2, 0.25) is 0 Å². The zero-order valence-corrected chi connectivity index (χ0v) is 12.8. The number of benzene rings is 5. The average Bonchev–Trinajstić information content (AvgIpc) is 2.55. The predicted molar refractivity (Wildman–Crippen MR) is 97.1 cm³/mol. The van der Waals surface area contributed by atoms with Gasteiger partial charge in [-0.15, -0.1) is 0 Å². The molecule has 104 valence electrons. The minimum Gasteiger partial charge on any atom is -0.0610 e. The highest BCUT2D eigenvalue weighted by Crippen LogP contribution is 2.41. The van der Waals surface area contributed by atoms with Gasteiger partial charge in [0, 0.05) is 0 Å². The van der Waals surface area contributed by atoms with E-state index in [1.54, 1.807) is 0 Å². The van der Waals surface area contributed by atoms with Crippen LogP contribution >= 0.6 is 0 Å². The van der Waals surface area contributed by atoms with Crippen LogP contribution in [0.1, 0.15) is 11.1 Å². The van der Waals surface area contributed by atoms with Crippen LogP contribution in [-0.2, 0) is 0 Å². The lowest BCUT2D eigenvalue weighted by atomic mass is 9.88. The molecule has 0 nitrogen and oxygen atoms in total. The molecule has 0 radical (unpaired) electrons. The molecule has 5 rings (SSSR count). The van der Waals surface area contributed by atoms with Gasteiger partial charge in [0.25, 0.3) is 0 Å². The molecular weight excluding hydrogens is 264 g/mol. The molecule has 0 atom stereocenters. The fourth-order valence-electron chi connectivity index (χ4n) is 3.87. The quantitative estimate of drug-likeness (QED) is 0.229. The third-order valence-corrected chi connectivity index (χ3v) is 5.10. The van der Waals surface area contributed by atoms with Crippen molar-refractivity contribution in [3.63, 3.8) is 0 Å². The van der Waals surface area contributed by atoms with Crippen LogP contribution in [0.3, 0.4) is 0 Å². The van der Waals surface area contributed by atoms with E-state index in [-0.39, 0.29) is 0 Å². The lowest BCUT2D eigenvalue weighted by molar-refractivity contribution is 1.37. The molecule has 0 aliphatic rings. The van der Waals surface area contributed by atoms with Crippen molar-refractivity contribution in [3.8, 4) is 0 Å². The van der Waals surface area contributed by atoms with E-state index in [1.807, 2.05) is 0 Å². The number of fused-ring (bicyclic) bond motifs is 3. The minimum absolute atomic E-state index is 1.33. The van der Waals surface area contributed by atoms with Crippen molar-refractivity contribution in [2.24, 2.45) is 0 Å². The van der Waals surface area contributed by atoms with E-state index in [0.717, 1.165) is 0 Å². The number of rotatable bonds is 0. The standard InChI is InChI=1S/C22H16/c1-13-11-19-17-7-3-5-15-9-10-16-6-4-8-18(22(16)21(15)17)20(19)12-14(13)2/h3-12H,1-2H3. The topological polar surface area (TPSA) is 0 Å². The van der Waals surface area contributed by atoms with E-state index in [2.05, 4.69) is 74.5 Å². The second-order valence-corrected chi connectivity index (χ2v) is 6.35. The molecule has 0 unspecified atom stereocenters. The Balaban J connectivity index is 2.27. The third-order valence-electron chi connectivity index (χ3n) is 5.10. The zero-order valence-electron chi connectivity index (χ0n) is 12.8. The monoisotopic (exact) mass is 280 g/mol. The van der Waals surface area contributed by atoms with Gasteiger partial charge in [-0.05, 0) is 68.1 Å². The van der Waals surface area contributed by atoms with Crippen LogP contribution in [0.2, 0.25) is 0 Å². The summed E-state index contributed by atoms with van der Waals surface area (Å²) in [6, 6.07) is 22.5. The fraction of sp³-hybridized carbons (Fsp3) is 0.0909. The molecule has 0 bridgehead atoms. The Labute approximate surface area is 129 Å². The smallest absolute Gasteiger partial charge is 0.00203 e. The van der Waals surface area contributed by atoms with Gasteiger partial charge in [0.15, 0.2) is 0 Å². The Morgan fingerprint density at radius 3 is 1.41 bits per heavy atom. The van der Waals surface area contributed by atoms with Crippen LogP contribution in [0.4, 0.5) is 0 Å². The van der Waals surface area contributed by atoms with Crippen LogP contribution in [0.25, 0.3) is 43.1 Å². The number of hydrogen-bond donors (Lipinski definition) is 0. The summed E-state index contributed by atoms with van der Waals surface area (Å²) >= 11 is 0. The summed E-state index contributed by atoms with van der Waals surface area (Å²) in [5.41, 5.74) is 2.73. The first-order valence-corrected chi connectivity index (χ1v) is 7.80. The normalized spacial score (nSPS) is 12.1. The number of hydrogen-bond acceptors (Lipinski definition) is 0. The van der Waals surface area contributed by atoms with E-state index in [4.69, 9.17) is 0 Å². The highest BCUT2D eigenvalue weighted by Gasteiger charge is 2.13. The summed E-state index contributed by atoms with van der Waals surface area (Å²) < 4.78 is 0. The summed E-state index contributed by atoms with van der Waals surface area (Å²) in [4.78, 5) is 0. The van der Waals surface area contributed by atoms with Crippen LogP contribution in [0.15, 0.2) is 60.7 Å². The molecule has 0 aliphatic heterocycles. The summed E-state index contributed by atoms with van der Waals surface area (Å²) in [5, 5.41) is 11.0. The van der Waals surface area contributed by atoms with Crippen molar-refractivity contribution < 1.29 is 0 Å². The molecule has 0 fully saturated rings. The largest absolute Gasteiger partial charge is 0.0610 e. The second-order valence-electron chi connectivity index (χ2n) is 6.35. The van der Waals surface area contributed by atoms with Crippen LogP contribution in [-0.4, -0.2) is 0 Å². The SMILES string of the molecule is Cc1cc2c(cc1C)c1cccc3ccc4cccc2c4c31. The molecule has 0 N–H and O–H groups in total. The molecule has 0 spiro atoms. The average molecular weight is 280 g/mol. The Bertz CT molecular complexity index is 1080. The Morgan fingerprint density at radius 2 is 0.955 bits per heavy atom. The van der Waals surface area contributed by atoms with Gasteiger partial charge in [-0.3, -0.25) is 0 Å². The van der Waals surface area contributed by atoms with E-state index < -0.39 is 0 Å². The van der Waals surface area contributed by atoms with Gasteiger partial charge < -0.3 is 0 Å². The first-order chi connectivity index (χ1) is 10.7. The maximum absolute atomic E-state index is 2.36. The summed E-state index contributed by atoms with van der Waals surface area (Å²) in [5.74, 6) is 0. The zero-order chi connectivity index (χ0) is 14.8. The van der Waals surface area contributed by atoms with Crippen molar-refractivity contribution in [2.75, 3.05) is 0 Å². The lowest BCUT2D eigenvalue weighted by Crippen LogP contribution is -1.89.